The van der Waals surface area contributed by atoms with Gasteiger partial charge in [0.1, 0.15) is 0 Å². The van der Waals surface area contributed by atoms with Crippen LogP contribution in [0.2, 0.25) is 0 Å². The Morgan fingerprint density at radius 3 is 2.78 bits per heavy atom. The molecule has 1 unspecified atom stereocenters. The maximum absolute atomic E-state index is 12.1. The van der Waals surface area contributed by atoms with Crippen molar-refractivity contribution in [3.05, 3.63) is 63.2 Å². The molecule has 3 rings (SSSR count). The Bertz CT molecular complexity index is 1050. The molecular formula is C24H30N4O4. The topological polar surface area (TPSA) is 97.1 Å². The van der Waals surface area contributed by atoms with Crippen LogP contribution in [0.3, 0.4) is 0 Å². The first-order valence-electron chi connectivity index (χ1n) is 10.7. The summed E-state index contributed by atoms with van der Waals surface area (Å²) in [7, 11) is 0. The molecule has 2 aromatic rings. The third-order valence-corrected chi connectivity index (χ3v) is 5.90. The standard InChI is InChI=1S/C24H30N4O4/c1-6-27-21-11-16(2)18(12-19(21)17(3)13-24(27,4)5)14-25-26-23(29)15-32-22-10-8-7-9-20(22)28(30)31/h7-12,14,17H,6,13,15H2,1-5H3,(H,26,29)/b25-14+. The average molecular weight is 439 g/mol. The number of aryl methyl sites for hydroxylation is 1. The number of carbonyl (C=O) groups excluding carboxylic acids is 1. The number of anilines is 1. The highest BCUT2D eigenvalue weighted by Crippen LogP contribution is 2.44. The molecule has 0 fully saturated rings. The largest absolute Gasteiger partial charge is 0.477 e. The van der Waals surface area contributed by atoms with E-state index in [4.69, 9.17) is 4.74 Å². The molecule has 1 atom stereocenters. The van der Waals surface area contributed by atoms with E-state index in [0.29, 0.717) is 5.92 Å². The number of hydrogen-bond donors (Lipinski definition) is 1. The van der Waals surface area contributed by atoms with Crippen LogP contribution in [0.1, 0.15) is 56.7 Å². The summed E-state index contributed by atoms with van der Waals surface area (Å²) in [5, 5.41) is 15.1. The van der Waals surface area contributed by atoms with E-state index in [1.165, 1.54) is 29.4 Å². The number of amides is 1. The zero-order chi connectivity index (χ0) is 23.5. The number of ether oxygens (including phenoxy) is 1. The van der Waals surface area contributed by atoms with E-state index in [0.717, 1.165) is 24.1 Å². The van der Waals surface area contributed by atoms with Gasteiger partial charge in [-0.05, 0) is 74.9 Å². The number of benzene rings is 2. The van der Waals surface area contributed by atoms with Gasteiger partial charge in [0.05, 0.1) is 11.1 Å². The Morgan fingerprint density at radius 1 is 1.38 bits per heavy atom. The first kappa shape index (κ1) is 23.2. The number of nitrogens with one attached hydrogen (secondary N) is 1. The second-order valence-corrected chi connectivity index (χ2v) is 8.74. The van der Waals surface area contributed by atoms with Crippen molar-refractivity contribution in [1.82, 2.24) is 5.43 Å². The zero-order valence-corrected chi connectivity index (χ0v) is 19.2. The van der Waals surface area contributed by atoms with Crippen molar-refractivity contribution < 1.29 is 14.5 Å². The van der Waals surface area contributed by atoms with Crippen molar-refractivity contribution in [3.63, 3.8) is 0 Å². The number of hydrazone groups is 1. The minimum atomic E-state index is -0.550. The number of fused-ring (bicyclic) bond motifs is 1. The highest BCUT2D eigenvalue weighted by molar-refractivity contribution is 5.86. The van der Waals surface area contributed by atoms with Crippen LogP contribution in [-0.2, 0) is 4.79 Å². The Balaban J connectivity index is 1.68. The number of nitro groups is 1. The summed E-state index contributed by atoms with van der Waals surface area (Å²) in [6.45, 7) is 11.6. The van der Waals surface area contributed by atoms with Gasteiger partial charge in [0.2, 0.25) is 0 Å². The lowest BCUT2D eigenvalue weighted by molar-refractivity contribution is -0.385. The maximum atomic E-state index is 12.1. The summed E-state index contributed by atoms with van der Waals surface area (Å²) in [4.78, 5) is 25.0. The fourth-order valence-corrected chi connectivity index (χ4v) is 4.47. The van der Waals surface area contributed by atoms with Crippen LogP contribution < -0.4 is 15.1 Å². The number of hydrogen-bond acceptors (Lipinski definition) is 6. The molecule has 0 bridgehead atoms. The molecule has 1 N–H and O–H groups in total. The van der Waals surface area contributed by atoms with E-state index < -0.39 is 10.8 Å². The number of para-hydroxylation sites is 2. The molecule has 2 aromatic carbocycles. The van der Waals surface area contributed by atoms with Gasteiger partial charge in [0, 0.05) is 23.8 Å². The fourth-order valence-electron chi connectivity index (χ4n) is 4.47. The molecule has 1 amide bonds. The Kier molecular flexibility index (Phi) is 6.81. The minimum Gasteiger partial charge on any atom is -0.477 e. The van der Waals surface area contributed by atoms with E-state index in [9.17, 15) is 14.9 Å². The van der Waals surface area contributed by atoms with E-state index >= 15 is 0 Å². The van der Waals surface area contributed by atoms with Crippen molar-refractivity contribution in [3.8, 4) is 5.75 Å². The Hall–Kier alpha value is -3.42. The predicted molar refractivity (Wildman–Crippen MR) is 126 cm³/mol. The lowest BCUT2D eigenvalue weighted by atomic mass is 9.79. The quantitative estimate of drug-likeness (QED) is 0.389. The maximum Gasteiger partial charge on any atom is 0.310 e. The molecule has 1 heterocycles. The van der Waals surface area contributed by atoms with Gasteiger partial charge in [-0.3, -0.25) is 14.9 Å². The molecule has 0 aromatic heterocycles. The van der Waals surface area contributed by atoms with Gasteiger partial charge in [-0.2, -0.15) is 5.10 Å². The molecule has 0 radical (unpaired) electrons. The van der Waals surface area contributed by atoms with Gasteiger partial charge in [-0.25, -0.2) is 5.43 Å². The normalized spacial score (nSPS) is 17.2. The third-order valence-electron chi connectivity index (χ3n) is 5.90. The van der Waals surface area contributed by atoms with Crippen LogP contribution >= 0.6 is 0 Å². The molecule has 0 aliphatic carbocycles. The number of carbonyl (C=O) groups is 1. The Labute approximate surface area is 188 Å². The second kappa shape index (κ2) is 9.38. The highest BCUT2D eigenvalue weighted by Gasteiger charge is 2.35. The van der Waals surface area contributed by atoms with E-state index in [-0.39, 0.29) is 23.6 Å². The van der Waals surface area contributed by atoms with Crippen molar-refractivity contribution in [2.75, 3.05) is 18.1 Å². The van der Waals surface area contributed by atoms with Crippen LogP contribution in [0.4, 0.5) is 11.4 Å². The van der Waals surface area contributed by atoms with Crippen LogP contribution in [0.25, 0.3) is 0 Å². The van der Waals surface area contributed by atoms with Gasteiger partial charge in [-0.1, -0.05) is 19.1 Å². The van der Waals surface area contributed by atoms with Gasteiger partial charge >= 0.3 is 5.69 Å². The summed E-state index contributed by atoms with van der Waals surface area (Å²) >= 11 is 0. The molecule has 32 heavy (non-hydrogen) atoms. The number of rotatable bonds is 7. The van der Waals surface area contributed by atoms with Crippen molar-refractivity contribution >= 4 is 23.5 Å². The number of nitrogens with zero attached hydrogens (tertiary/aromatic N) is 3. The van der Waals surface area contributed by atoms with Crippen LogP contribution in [0.15, 0.2) is 41.5 Å². The van der Waals surface area contributed by atoms with E-state index in [1.807, 2.05) is 6.92 Å². The molecule has 1 aliphatic heterocycles. The van der Waals surface area contributed by atoms with E-state index in [2.05, 4.69) is 55.3 Å². The Morgan fingerprint density at radius 2 is 2.09 bits per heavy atom. The number of nitro benzene ring substituents is 1. The molecule has 0 saturated heterocycles. The molecule has 170 valence electrons. The summed E-state index contributed by atoms with van der Waals surface area (Å²) in [5.41, 5.74) is 6.89. The first-order valence-corrected chi connectivity index (χ1v) is 10.7. The molecule has 0 spiro atoms. The smallest absolute Gasteiger partial charge is 0.310 e. The van der Waals surface area contributed by atoms with E-state index in [1.54, 1.807) is 12.3 Å². The van der Waals surface area contributed by atoms with Gasteiger partial charge in [-0.15, -0.1) is 0 Å². The molecule has 1 aliphatic rings. The van der Waals surface area contributed by atoms with Crippen LogP contribution in [0.5, 0.6) is 5.75 Å². The molecule has 0 saturated carbocycles. The average Bonchev–Trinajstić information content (AvgIpc) is 2.73. The predicted octanol–water partition coefficient (Wildman–Crippen LogP) is 4.54. The SMILES string of the molecule is CCN1c2cc(C)c(/C=N/NC(=O)COc3ccccc3[N+](=O)[O-])cc2C(C)CC1(C)C. The van der Waals surface area contributed by atoms with Crippen molar-refractivity contribution in [1.29, 1.82) is 0 Å². The van der Waals surface area contributed by atoms with Crippen LogP contribution in [-0.4, -0.2) is 35.7 Å². The van der Waals surface area contributed by atoms with Crippen LogP contribution in [0, 0.1) is 17.0 Å². The van der Waals surface area contributed by atoms with Gasteiger partial charge in [0.25, 0.3) is 5.91 Å². The lowest BCUT2D eigenvalue weighted by Gasteiger charge is -2.47. The first-order chi connectivity index (χ1) is 15.1. The summed E-state index contributed by atoms with van der Waals surface area (Å²) < 4.78 is 5.29. The zero-order valence-electron chi connectivity index (χ0n) is 19.2. The fraction of sp³-hybridized carbons (Fsp3) is 0.417. The highest BCUT2D eigenvalue weighted by atomic mass is 16.6. The summed E-state index contributed by atoms with van der Waals surface area (Å²) in [6.07, 6.45) is 2.69. The van der Waals surface area contributed by atoms with Gasteiger partial charge in [0.15, 0.2) is 12.4 Å². The molecular weight excluding hydrogens is 408 g/mol. The summed E-state index contributed by atoms with van der Waals surface area (Å²) in [5.74, 6) is -0.0398. The third kappa shape index (κ3) is 4.90. The van der Waals surface area contributed by atoms with Crippen molar-refractivity contribution in [2.45, 2.75) is 52.5 Å². The monoisotopic (exact) mass is 438 g/mol. The van der Waals surface area contributed by atoms with Gasteiger partial charge < -0.3 is 9.64 Å². The second-order valence-electron chi connectivity index (χ2n) is 8.74. The summed E-state index contributed by atoms with van der Waals surface area (Å²) in [6, 6.07) is 10.3. The minimum absolute atomic E-state index is 0.0413. The molecule has 8 heteroatoms. The lowest BCUT2D eigenvalue weighted by Crippen LogP contribution is -2.48. The van der Waals surface area contributed by atoms with Crippen molar-refractivity contribution in [2.24, 2.45) is 5.10 Å². The molecule has 8 nitrogen and oxygen atoms in total.